The minimum absolute atomic E-state index is 0.220. The van der Waals surface area contributed by atoms with E-state index in [0.29, 0.717) is 11.7 Å². The summed E-state index contributed by atoms with van der Waals surface area (Å²) in [5, 5.41) is 9.18. The summed E-state index contributed by atoms with van der Waals surface area (Å²) in [6, 6.07) is 4.82. The van der Waals surface area contributed by atoms with E-state index in [0.717, 1.165) is 26.1 Å². The fraction of sp³-hybridized carbons (Fsp3) is 0.500. The Bertz CT molecular complexity index is 479. The topological polar surface area (TPSA) is 43.8 Å². The van der Waals surface area contributed by atoms with Gasteiger partial charge in [0.05, 0.1) is 5.69 Å². The van der Waals surface area contributed by atoms with Crippen LogP contribution in [0.2, 0.25) is 0 Å². The van der Waals surface area contributed by atoms with Crippen LogP contribution in [-0.4, -0.2) is 48.7 Å². The highest BCUT2D eigenvalue weighted by atomic mass is 19.1. The third-order valence-electron chi connectivity index (χ3n) is 3.79. The maximum absolute atomic E-state index is 13.7. The number of hydrogen-bond donors (Lipinski definition) is 1. The van der Waals surface area contributed by atoms with E-state index < -0.39 is 11.8 Å². The van der Waals surface area contributed by atoms with E-state index in [2.05, 4.69) is 18.9 Å². The molecule has 1 unspecified atom stereocenters. The quantitative estimate of drug-likeness (QED) is 0.909. The van der Waals surface area contributed by atoms with Crippen molar-refractivity contribution in [1.82, 2.24) is 4.90 Å². The lowest BCUT2D eigenvalue weighted by Gasteiger charge is -2.40. The van der Waals surface area contributed by atoms with Crippen LogP contribution in [-0.2, 0) is 0 Å². The average Bonchev–Trinajstić information content (AvgIpc) is 2.38. The van der Waals surface area contributed by atoms with Crippen molar-refractivity contribution in [2.24, 2.45) is 0 Å². The van der Waals surface area contributed by atoms with Crippen molar-refractivity contribution in [3.8, 4) is 0 Å². The zero-order valence-corrected chi connectivity index (χ0v) is 11.3. The lowest BCUT2D eigenvalue weighted by Crippen LogP contribution is -2.51. The molecule has 0 amide bonds. The van der Waals surface area contributed by atoms with Crippen molar-refractivity contribution in [3.05, 3.63) is 29.6 Å². The number of aromatic carboxylic acids is 1. The zero-order valence-electron chi connectivity index (χ0n) is 11.3. The van der Waals surface area contributed by atoms with Crippen molar-refractivity contribution in [3.63, 3.8) is 0 Å². The molecule has 1 aromatic rings. The maximum Gasteiger partial charge on any atom is 0.340 e. The Balaban J connectivity index is 2.32. The molecule has 1 saturated heterocycles. The van der Waals surface area contributed by atoms with E-state index in [-0.39, 0.29) is 5.56 Å². The summed E-state index contributed by atoms with van der Waals surface area (Å²) in [5.41, 5.74) is 0.265. The van der Waals surface area contributed by atoms with E-state index >= 15 is 0 Å². The minimum Gasteiger partial charge on any atom is -0.478 e. The van der Waals surface area contributed by atoms with Crippen molar-refractivity contribution in [1.29, 1.82) is 0 Å². The monoisotopic (exact) mass is 266 g/mol. The van der Waals surface area contributed by atoms with E-state index in [1.165, 1.54) is 6.07 Å². The maximum atomic E-state index is 13.7. The Morgan fingerprint density at radius 2 is 2.21 bits per heavy atom. The van der Waals surface area contributed by atoms with Gasteiger partial charge in [-0.3, -0.25) is 4.90 Å². The molecule has 1 N–H and O–H groups in total. The lowest BCUT2D eigenvalue weighted by molar-refractivity contribution is 0.0692. The Morgan fingerprint density at radius 3 is 2.84 bits per heavy atom. The number of rotatable bonds is 3. The summed E-state index contributed by atoms with van der Waals surface area (Å²) in [6.45, 7) is 4.41. The molecule has 1 aliphatic heterocycles. The van der Waals surface area contributed by atoms with Gasteiger partial charge in [0.1, 0.15) is 11.4 Å². The van der Waals surface area contributed by atoms with E-state index in [9.17, 15) is 14.3 Å². The Hall–Kier alpha value is -1.62. The highest BCUT2D eigenvalue weighted by Gasteiger charge is 2.27. The Labute approximate surface area is 112 Å². The molecule has 1 atom stereocenters. The Morgan fingerprint density at radius 1 is 1.47 bits per heavy atom. The predicted molar refractivity (Wildman–Crippen MR) is 72.3 cm³/mol. The number of benzene rings is 1. The van der Waals surface area contributed by atoms with Gasteiger partial charge in [0.25, 0.3) is 0 Å². The Kier molecular flexibility index (Phi) is 4.04. The SMILES string of the molecule is CCC1CN(c2cccc(F)c2C(=O)O)CCN1C. The molecule has 0 bridgehead atoms. The second kappa shape index (κ2) is 5.57. The number of likely N-dealkylation sites (N-methyl/N-ethyl adjacent to an activating group) is 1. The van der Waals surface area contributed by atoms with Gasteiger partial charge in [-0.2, -0.15) is 0 Å². The van der Waals surface area contributed by atoms with E-state index in [4.69, 9.17) is 0 Å². The van der Waals surface area contributed by atoms with Crippen molar-refractivity contribution < 1.29 is 14.3 Å². The molecular weight excluding hydrogens is 247 g/mol. The molecule has 0 aromatic heterocycles. The van der Waals surface area contributed by atoms with Gasteiger partial charge >= 0.3 is 5.97 Å². The molecule has 0 saturated carbocycles. The molecule has 1 aromatic carbocycles. The third kappa shape index (κ3) is 2.71. The first-order valence-corrected chi connectivity index (χ1v) is 6.51. The molecule has 0 spiro atoms. The molecule has 19 heavy (non-hydrogen) atoms. The normalized spacial score (nSPS) is 20.6. The summed E-state index contributed by atoms with van der Waals surface area (Å²) < 4.78 is 13.7. The molecule has 5 heteroatoms. The molecule has 104 valence electrons. The first kappa shape index (κ1) is 13.8. The smallest absolute Gasteiger partial charge is 0.340 e. The van der Waals surface area contributed by atoms with Crippen LogP contribution in [0.5, 0.6) is 0 Å². The van der Waals surface area contributed by atoms with Crippen LogP contribution in [0.25, 0.3) is 0 Å². The minimum atomic E-state index is -1.21. The second-order valence-corrected chi connectivity index (χ2v) is 4.93. The summed E-state index contributed by atoms with van der Waals surface area (Å²) in [4.78, 5) is 15.5. The highest BCUT2D eigenvalue weighted by Crippen LogP contribution is 2.26. The molecule has 1 fully saturated rings. The lowest BCUT2D eigenvalue weighted by atomic mass is 10.1. The zero-order chi connectivity index (χ0) is 14.0. The molecule has 2 rings (SSSR count). The van der Waals surface area contributed by atoms with Crippen LogP contribution in [0.15, 0.2) is 18.2 Å². The van der Waals surface area contributed by atoms with Gasteiger partial charge in [-0.1, -0.05) is 13.0 Å². The molecular formula is C14H19FN2O2. The number of nitrogens with zero attached hydrogens (tertiary/aromatic N) is 2. The molecule has 1 aliphatic rings. The van der Waals surface area contributed by atoms with Gasteiger partial charge in [-0.25, -0.2) is 9.18 Å². The molecule has 0 aliphatic carbocycles. The number of hydrogen-bond acceptors (Lipinski definition) is 3. The van der Waals surface area contributed by atoms with Crippen molar-refractivity contribution in [2.45, 2.75) is 19.4 Å². The van der Waals surface area contributed by atoms with Gasteiger partial charge in [0, 0.05) is 25.7 Å². The van der Waals surface area contributed by atoms with Crippen LogP contribution in [0.3, 0.4) is 0 Å². The van der Waals surface area contributed by atoms with Gasteiger partial charge in [-0.05, 0) is 25.6 Å². The summed E-state index contributed by atoms with van der Waals surface area (Å²) in [5.74, 6) is -1.88. The van der Waals surface area contributed by atoms with Gasteiger partial charge in [0.2, 0.25) is 0 Å². The third-order valence-corrected chi connectivity index (χ3v) is 3.79. The van der Waals surface area contributed by atoms with Crippen LogP contribution >= 0.6 is 0 Å². The number of halogens is 1. The van der Waals surface area contributed by atoms with Crippen molar-refractivity contribution >= 4 is 11.7 Å². The van der Waals surface area contributed by atoms with Crippen LogP contribution in [0.1, 0.15) is 23.7 Å². The van der Waals surface area contributed by atoms with Gasteiger partial charge < -0.3 is 10.0 Å². The fourth-order valence-electron chi connectivity index (χ4n) is 2.59. The van der Waals surface area contributed by atoms with Crippen LogP contribution in [0.4, 0.5) is 10.1 Å². The summed E-state index contributed by atoms with van der Waals surface area (Å²) in [7, 11) is 2.06. The molecule has 4 nitrogen and oxygen atoms in total. The van der Waals surface area contributed by atoms with Crippen LogP contribution in [0, 0.1) is 5.82 Å². The van der Waals surface area contributed by atoms with E-state index in [1.54, 1.807) is 12.1 Å². The summed E-state index contributed by atoms with van der Waals surface area (Å²) >= 11 is 0. The highest BCUT2D eigenvalue weighted by molar-refractivity contribution is 5.94. The van der Waals surface area contributed by atoms with Crippen molar-refractivity contribution in [2.75, 3.05) is 31.6 Å². The standard InChI is InChI=1S/C14H19FN2O2/c1-3-10-9-17(8-7-16(10)2)12-6-4-5-11(15)13(12)14(18)19/h4-6,10H,3,7-9H2,1-2H3,(H,18,19). The van der Waals surface area contributed by atoms with E-state index in [1.807, 2.05) is 4.90 Å². The predicted octanol–water partition coefficient (Wildman–Crippen LogP) is 2.05. The first-order chi connectivity index (χ1) is 9.04. The van der Waals surface area contributed by atoms with Gasteiger partial charge in [0.15, 0.2) is 0 Å². The van der Waals surface area contributed by atoms with Gasteiger partial charge in [-0.15, -0.1) is 0 Å². The molecule has 0 radical (unpaired) electrons. The largest absolute Gasteiger partial charge is 0.478 e. The number of piperazine rings is 1. The number of anilines is 1. The molecule has 1 heterocycles. The average molecular weight is 266 g/mol. The van der Waals surface area contributed by atoms with Crippen LogP contribution < -0.4 is 4.90 Å². The number of carboxylic acid groups (broad SMARTS) is 1. The number of carbonyl (C=O) groups is 1. The summed E-state index contributed by atoms with van der Waals surface area (Å²) in [6.07, 6.45) is 0.991. The fourth-order valence-corrected chi connectivity index (χ4v) is 2.59. The second-order valence-electron chi connectivity index (χ2n) is 4.93. The first-order valence-electron chi connectivity index (χ1n) is 6.51. The number of carboxylic acids is 1.